The number of esters is 1. The van der Waals surface area contributed by atoms with Gasteiger partial charge in [-0.05, 0) is 25.1 Å². The fourth-order valence-corrected chi connectivity index (χ4v) is 2.68. The normalized spacial score (nSPS) is 10.7. The fraction of sp³-hybridized carbons (Fsp3) is 0.357. The first-order chi connectivity index (χ1) is 11.6. The van der Waals surface area contributed by atoms with Crippen molar-refractivity contribution in [1.82, 2.24) is 5.32 Å². The molecular formula is C14H17ClN2O7S. The Morgan fingerprint density at radius 1 is 1.24 bits per heavy atom. The molecular weight excluding hydrogens is 376 g/mol. The van der Waals surface area contributed by atoms with E-state index in [2.05, 4.69) is 9.47 Å². The SMILES string of the molecule is CCOC(=O)NC(=O)COC(=O)CN(c1cccc(Cl)c1)S(C)(=O)=O. The van der Waals surface area contributed by atoms with Crippen LogP contribution < -0.4 is 9.62 Å². The van der Waals surface area contributed by atoms with E-state index in [9.17, 15) is 22.8 Å². The Kier molecular flexibility index (Phi) is 7.65. The molecule has 1 aromatic rings. The molecule has 11 heteroatoms. The Balaban J connectivity index is 2.68. The molecule has 0 fully saturated rings. The van der Waals surface area contributed by atoms with E-state index in [0.717, 1.165) is 10.6 Å². The van der Waals surface area contributed by atoms with Gasteiger partial charge in [0, 0.05) is 5.02 Å². The molecule has 0 heterocycles. The zero-order chi connectivity index (χ0) is 19.0. The molecule has 0 saturated carbocycles. The molecule has 0 bridgehead atoms. The van der Waals surface area contributed by atoms with Crippen molar-refractivity contribution < 1.29 is 32.3 Å². The molecule has 0 aromatic heterocycles. The van der Waals surface area contributed by atoms with Crippen LogP contribution in [0.3, 0.4) is 0 Å². The van der Waals surface area contributed by atoms with E-state index in [1.165, 1.54) is 18.2 Å². The number of benzene rings is 1. The Morgan fingerprint density at radius 3 is 2.48 bits per heavy atom. The number of hydrogen-bond donors (Lipinski definition) is 1. The second-order valence-corrected chi connectivity index (χ2v) is 7.02. The molecule has 0 atom stereocenters. The van der Waals surface area contributed by atoms with Gasteiger partial charge in [-0.15, -0.1) is 0 Å². The van der Waals surface area contributed by atoms with E-state index in [1.54, 1.807) is 13.0 Å². The van der Waals surface area contributed by atoms with Crippen LogP contribution in [0.2, 0.25) is 5.02 Å². The summed E-state index contributed by atoms with van der Waals surface area (Å²) in [6, 6.07) is 5.88. The summed E-state index contributed by atoms with van der Waals surface area (Å²) in [5.74, 6) is -1.88. The van der Waals surface area contributed by atoms with E-state index in [0.29, 0.717) is 0 Å². The van der Waals surface area contributed by atoms with Crippen LogP contribution >= 0.6 is 11.6 Å². The first-order valence-corrected chi connectivity index (χ1v) is 9.21. The van der Waals surface area contributed by atoms with Gasteiger partial charge in [0.05, 0.1) is 18.6 Å². The van der Waals surface area contributed by atoms with Gasteiger partial charge in [-0.3, -0.25) is 19.2 Å². The van der Waals surface area contributed by atoms with Crippen LogP contribution in [0.1, 0.15) is 6.92 Å². The van der Waals surface area contributed by atoms with Gasteiger partial charge in [0.25, 0.3) is 5.91 Å². The minimum atomic E-state index is -3.80. The van der Waals surface area contributed by atoms with Crippen molar-refractivity contribution in [2.75, 3.05) is 30.3 Å². The molecule has 25 heavy (non-hydrogen) atoms. The average molecular weight is 393 g/mol. The van der Waals surface area contributed by atoms with Gasteiger partial charge in [0.1, 0.15) is 6.54 Å². The minimum Gasteiger partial charge on any atom is -0.454 e. The van der Waals surface area contributed by atoms with E-state index in [-0.39, 0.29) is 17.3 Å². The maximum Gasteiger partial charge on any atom is 0.413 e. The first kappa shape index (κ1) is 20.7. The largest absolute Gasteiger partial charge is 0.454 e. The third-order valence-electron chi connectivity index (χ3n) is 2.65. The fourth-order valence-electron chi connectivity index (χ4n) is 1.66. The van der Waals surface area contributed by atoms with Crippen LogP contribution in [0.5, 0.6) is 0 Å². The topological polar surface area (TPSA) is 119 Å². The molecule has 0 aliphatic heterocycles. The zero-order valence-corrected chi connectivity index (χ0v) is 15.1. The average Bonchev–Trinajstić information content (AvgIpc) is 2.49. The molecule has 1 aromatic carbocycles. The van der Waals surface area contributed by atoms with Crippen molar-refractivity contribution in [3.05, 3.63) is 29.3 Å². The summed E-state index contributed by atoms with van der Waals surface area (Å²) in [5.41, 5.74) is 0.169. The summed E-state index contributed by atoms with van der Waals surface area (Å²) in [6.07, 6.45) is -0.0606. The van der Waals surface area contributed by atoms with Gasteiger partial charge < -0.3 is 9.47 Å². The molecule has 2 amide bonds. The van der Waals surface area contributed by atoms with Crippen molar-refractivity contribution in [2.45, 2.75) is 6.92 Å². The van der Waals surface area contributed by atoms with Crippen molar-refractivity contribution in [3.63, 3.8) is 0 Å². The molecule has 0 aliphatic rings. The summed E-state index contributed by atoms with van der Waals surface area (Å²) in [6.45, 7) is 0.207. The number of rotatable bonds is 7. The van der Waals surface area contributed by atoms with Crippen LogP contribution in [0, 0.1) is 0 Å². The quantitative estimate of drug-likeness (QED) is 0.685. The zero-order valence-electron chi connectivity index (χ0n) is 13.5. The number of amides is 2. The lowest BCUT2D eigenvalue weighted by Crippen LogP contribution is -2.38. The highest BCUT2D eigenvalue weighted by Gasteiger charge is 2.22. The van der Waals surface area contributed by atoms with E-state index >= 15 is 0 Å². The van der Waals surface area contributed by atoms with E-state index < -0.39 is 41.1 Å². The van der Waals surface area contributed by atoms with Crippen molar-refractivity contribution in [2.24, 2.45) is 0 Å². The molecule has 0 saturated heterocycles. The highest BCUT2D eigenvalue weighted by Crippen LogP contribution is 2.21. The summed E-state index contributed by atoms with van der Waals surface area (Å²) in [4.78, 5) is 34.2. The minimum absolute atomic E-state index is 0.0713. The molecule has 0 aliphatic carbocycles. The number of carbonyl (C=O) groups excluding carboxylic acids is 3. The predicted molar refractivity (Wildman–Crippen MR) is 89.8 cm³/mol. The van der Waals surface area contributed by atoms with Crippen molar-refractivity contribution >= 4 is 45.3 Å². The number of ether oxygens (including phenoxy) is 2. The molecule has 1 rings (SSSR count). The Hall–Kier alpha value is -2.33. The molecule has 0 spiro atoms. The Bertz CT molecular complexity index is 751. The number of halogens is 1. The molecule has 0 radical (unpaired) electrons. The number of sulfonamides is 1. The third-order valence-corrected chi connectivity index (χ3v) is 4.03. The van der Waals surface area contributed by atoms with Crippen LogP contribution in [0.25, 0.3) is 0 Å². The lowest BCUT2D eigenvalue weighted by Gasteiger charge is -2.21. The Labute approximate surface area is 149 Å². The van der Waals surface area contributed by atoms with Crippen LogP contribution in [0.15, 0.2) is 24.3 Å². The number of carbonyl (C=O) groups is 3. The summed E-state index contributed by atoms with van der Waals surface area (Å²) in [5, 5.41) is 2.12. The monoisotopic (exact) mass is 392 g/mol. The number of imide groups is 1. The van der Waals surface area contributed by atoms with Gasteiger partial charge in [-0.1, -0.05) is 17.7 Å². The van der Waals surface area contributed by atoms with E-state index in [1.807, 2.05) is 5.32 Å². The maximum absolute atomic E-state index is 11.9. The molecule has 138 valence electrons. The summed E-state index contributed by atoms with van der Waals surface area (Å²) >= 11 is 5.82. The number of anilines is 1. The first-order valence-electron chi connectivity index (χ1n) is 6.99. The van der Waals surface area contributed by atoms with Gasteiger partial charge in [-0.25, -0.2) is 13.2 Å². The van der Waals surface area contributed by atoms with Gasteiger partial charge in [0.2, 0.25) is 10.0 Å². The number of nitrogens with one attached hydrogen (secondary N) is 1. The van der Waals surface area contributed by atoms with E-state index in [4.69, 9.17) is 11.6 Å². The third kappa shape index (κ3) is 7.40. The predicted octanol–water partition coefficient (Wildman–Crippen LogP) is 0.922. The van der Waals surface area contributed by atoms with Crippen LogP contribution in [-0.4, -0.2) is 52.4 Å². The lowest BCUT2D eigenvalue weighted by atomic mass is 10.3. The highest BCUT2D eigenvalue weighted by molar-refractivity contribution is 7.92. The molecule has 9 nitrogen and oxygen atoms in total. The molecule has 0 unspecified atom stereocenters. The maximum atomic E-state index is 11.9. The smallest absolute Gasteiger partial charge is 0.413 e. The standard InChI is InChI=1S/C14H17ClN2O7S/c1-3-23-14(20)16-12(18)9-24-13(19)8-17(25(2,21)22)11-6-4-5-10(15)7-11/h4-7H,3,8-9H2,1-2H3,(H,16,18,20). The number of hydrogen-bond acceptors (Lipinski definition) is 7. The number of alkyl carbamates (subject to hydrolysis) is 1. The summed E-state index contributed by atoms with van der Waals surface area (Å²) in [7, 11) is -3.80. The lowest BCUT2D eigenvalue weighted by molar-refractivity contribution is -0.146. The van der Waals surface area contributed by atoms with Gasteiger partial charge >= 0.3 is 12.1 Å². The summed E-state index contributed by atoms with van der Waals surface area (Å²) < 4.78 is 33.7. The second-order valence-electron chi connectivity index (χ2n) is 4.68. The van der Waals surface area contributed by atoms with Gasteiger partial charge in [-0.2, -0.15) is 0 Å². The van der Waals surface area contributed by atoms with Crippen molar-refractivity contribution in [3.8, 4) is 0 Å². The van der Waals surface area contributed by atoms with Crippen LogP contribution in [-0.2, 0) is 29.1 Å². The molecule has 1 N–H and O–H groups in total. The van der Waals surface area contributed by atoms with Gasteiger partial charge in [0.15, 0.2) is 6.61 Å². The Morgan fingerprint density at radius 2 is 1.92 bits per heavy atom. The van der Waals surface area contributed by atoms with Crippen LogP contribution in [0.4, 0.5) is 10.5 Å². The van der Waals surface area contributed by atoms with Crippen molar-refractivity contribution in [1.29, 1.82) is 0 Å². The second kappa shape index (κ2) is 9.23. The number of nitrogens with zero attached hydrogens (tertiary/aromatic N) is 1. The highest BCUT2D eigenvalue weighted by atomic mass is 35.5.